The molecule has 2 rings (SSSR count). The van der Waals surface area contributed by atoms with E-state index in [0.29, 0.717) is 13.2 Å². The summed E-state index contributed by atoms with van der Waals surface area (Å²) >= 11 is 0. The first-order valence-electron chi connectivity index (χ1n) is 7.94. The van der Waals surface area contributed by atoms with Gasteiger partial charge in [-0.3, -0.25) is 4.79 Å². The average Bonchev–Trinajstić information content (AvgIpc) is 2.54. The molecule has 5 heteroatoms. The number of carbonyl (C=O) groups excluding carboxylic acids is 1. The number of hydrogen-bond donors (Lipinski definition) is 2. The van der Waals surface area contributed by atoms with Crippen LogP contribution in [0.25, 0.3) is 0 Å². The van der Waals surface area contributed by atoms with Gasteiger partial charge in [0.05, 0.1) is 12.5 Å². The van der Waals surface area contributed by atoms with Crippen LogP contribution in [0.4, 0.5) is 0 Å². The van der Waals surface area contributed by atoms with E-state index >= 15 is 0 Å². The molecule has 1 aromatic rings. The summed E-state index contributed by atoms with van der Waals surface area (Å²) in [4.78, 5) is 12.2. The quantitative estimate of drug-likeness (QED) is 0.757. The van der Waals surface area contributed by atoms with Crippen molar-refractivity contribution in [2.75, 3.05) is 19.7 Å². The minimum Gasteiger partial charge on any atom is -0.377 e. The fourth-order valence-corrected chi connectivity index (χ4v) is 2.60. The Kier molecular flexibility index (Phi) is 9.13. The lowest BCUT2D eigenvalue weighted by Crippen LogP contribution is -2.40. The highest BCUT2D eigenvalue weighted by molar-refractivity contribution is 5.85. The van der Waals surface area contributed by atoms with Crippen molar-refractivity contribution in [2.24, 2.45) is 5.92 Å². The van der Waals surface area contributed by atoms with Gasteiger partial charge in [-0.05, 0) is 36.9 Å². The zero-order valence-corrected chi connectivity index (χ0v) is 14.1. The van der Waals surface area contributed by atoms with Gasteiger partial charge in [0.15, 0.2) is 0 Å². The predicted octanol–water partition coefficient (Wildman–Crippen LogP) is 2.65. The molecule has 124 valence electrons. The first-order valence-corrected chi connectivity index (χ1v) is 7.94. The molecule has 0 radical (unpaired) electrons. The molecule has 0 aliphatic carbocycles. The second-order valence-corrected chi connectivity index (χ2v) is 5.58. The summed E-state index contributed by atoms with van der Waals surface area (Å²) < 4.78 is 5.61. The zero-order valence-electron chi connectivity index (χ0n) is 13.3. The smallest absolute Gasteiger partial charge is 0.224 e. The lowest BCUT2D eigenvalue weighted by atomic mass is 9.98. The van der Waals surface area contributed by atoms with E-state index in [0.717, 1.165) is 50.1 Å². The average molecular weight is 327 g/mol. The second-order valence-electron chi connectivity index (χ2n) is 5.58. The van der Waals surface area contributed by atoms with Crippen LogP contribution in [-0.4, -0.2) is 25.6 Å². The lowest BCUT2D eigenvalue weighted by molar-refractivity contribution is -0.125. The molecule has 22 heavy (non-hydrogen) atoms. The normalized spacial score (nSPS) is 17.6. The molecule has 1 saturated heterocycles. The Hall–Kier alpha value is -1.10. The number of rotatable bonds is 7. The summed E-state index contributed by atoms with van der Waals surface area (Å²) in [6.45, 7) is 5.90. The number of carbonyl (C=O) groups is 1. The van der Waals surface area contributed by atoms with Crippen molar-refractivity contribution in [1.82, 2.24) is 10.6 Å². The fourth-order valence-electron chi connectivity index (χ4n) is 2.60. The molecule has 1 aromatic carbocycles. The Morgan fingerprint density at radius 1 is 1.36 bits per heavy atom. The van der Waals surface area contributed by atoms with E-state index in [4.69, 9.17) is 4.74 Å². The Balaban J connectivity index is 0.00000242. The highest BCUT2D eigenvalue weighted by atomic mass is 35.5. The zero-order chi connectivity index (χ0) is 14.9. The maximum atomic E-state index is 12.2. The second kappa shape index (κ2) is 10.6. The topological polar surface area (TPSA) is 50.4 Å². The molecule has 2 N–H and O–H groups in total. The third kappa shape index (κ3) is 5.95. The molecule has 0 saturated carbocycles. The Morgan fingerprint density at radius 3 is 2.82 bits per heavy atom. The molecule has 1 aliphatic rings. The van der Waals surface area contributed by atoms with Crippen molar-refractivity contribution in [3.8, 4) is 0 Å². The maximum Gasteiger partial charge on any atom is 0.224 e. The van der Waals surface area contributed by atoms with Gasteiger partial charge in [-0.15, -0.1) is 12.4 Å². The van der Waals surface area contributed by atoms with Gasteiger partial charge in [0, 0.05) is 19.7 Å². The number of nitrogens with one attached hydrogen (secondary N) is 2. The predicted molar refractivity (Wildman–Crippen MR) is 91.1 cm³/mol. The number of ether oxygens (including phenoxy) is 1. The van der Waals surface area contributed by atoms with Gasteiger partial charge >= 0.3 is 0 Å². The van der Waals surface area contributed by atoms with Gasteiger partial charge < -0.3 is 15.4 Å². The van der Waals surface area contributed by atoms with Gasteiger partial charge in [0.25, 0.3) is 0 Å². The number of piperidine rings is 1. The van der Waals surface area contributed by atoms with E-state index < -0.39 is 0 Å². The summed E-state index contributed by atoms with van der Waals surface area (Å²) in [6.07, 6.45) is 3.09. The van der Waals surface area contributed by atoms with E-state index in [2.05, 4.69) is 29.7 Å². The molecule has 1 heterocycles. The Labute approximate surface area is 139 Å². The molecular weight excluding hydrogens is 300 g/mol. The van der Waals surface area contributed by atoms with Crippen LogP contribution in [0.15, 0.2) is 24.3 Å². The first-order chi connectivity index (χ1) is 10.3. The van der Waals surface area contributed by atoms with Crippen molar-refractivity contribution in [3.05, 3.63) is 35.4 Å². The van der Waals surface area contributed by atoms with E-state index in [-0.39, 0.29) is 24.2 Å². The van der Waals surface area contributed by atoms with Gasteiger partial charge in [0.2, 0.25) is 5.91 Å². The molecule has 1 unspecified atom stereocenters. The largest absolute Gasteiger partial charge is 0.377 e. The minimum atomic E-state index is 0. The van der Waals surface area contributed by atoms with Crippen LogP contribution in [0.1, 0.15) is 37.3 Å². The molecule has 4 nitrogen and oxygen atoms in total. The Bertz CT molecular complexity index is 448. The van der Waals surface area contributed by atoms with Crippen LogP contribution in [0, 0.1) is 5.92 Å². The highest BCUT2D eigenvalue weighted by Gasteiger charge is 2.20. The maximum absolute atomic E-state index is 12.2. The summed E-state index contributed by atoms with van der Waals surface area (Å²) in [5.41, 5.74) is 2.30. The molecule has 1 atom stereocenters. The van der Waals surface area contributed by atoms with Crippen LogP contribution < -0.4 is 10.6 Å². The Morgan fingerprint density at radius 2 is 2.14 bits per heavy atom. The van der Waals surface area contributed by atoms with Crippen molar-refractivity contribution in [1.29, 1.82) is 0 Å². The molecule has 1 fully saturated rings. The van der Waals surface area contributed by atoms with Crippen molar-refractivity contribution < 1.29 is 9.53 Å². The summed E-state index contributed by atoms with van der Waals surface area (Å²) in [5.74, 6) is 0.272. The number of halogens is 1. The van der Waals surface area contributed by atoms with Gasteiger partial charge in [-0.2, -0.15) is 0 Å². The van der Waals surface area contributed by atoms with Crippen LogP contribution in [-0.2, 0) is 22.7 Å². The molecule has 1 amide bonds. The number of benzene rings is 1. The first kappa shape index (κ1) is 18.9. The van der Waals surface area contributed by atoms with Crippen LogP contribution >= 0.6 is 12.4 Å². The van der Waals surface area contributed by atoms with Crippen molar-refractivity contribution >= 4 is 18.3 Å². The fraction of sp³-hybridized carbons (Fsp3) is 0.588. The van der Waals surface area contributed by atoms with Crippen LogP contribution in [0.3, 0.4) is 0 Å². The highest BCUT2D eigenvalue weighted by Crippen LogP contribution is 2.13. The molecule has 0 bridgehead atoms. The third-order valence-corrected chi connectivity index (χ3v) is 3.85. The monoisotopic (exact) mass is 326 g/mol. The van der Waals surface area contributed by atoms with Crippen LogP contribution in [0.2, 0.25) is 0 Å². The summed E-state index contributed by atoms with van der Waals surface area (Å²) in [7, 11) is 0. The molecule has 0 aromatic heterocycles. The summed E-state index contributed by atoms with van der Waals surface area (Å²) in [6, 6.07) is 8.15. The van der Waals surface area contributed by atoms with Crippen molar-refractivity contribution in [2.45, 2.75) is 39.3 Å². The molecule has 1 aliphatic heterocycles. The molecular formula is C17H27ClN2O2. The van der Waals surface area contributed by atoms with Crippen molar-refractivity contribution in [3.63, 3.8) is 0 Å². The van der Waals surface area contributed by atoms with Crippen LogP contribution in [0.5, 0.6) is 0 Å². The minimum absolute atomic E-state index is 0. The molecule has 0 spiro atoms. The van der Waals surface area contributed by atoms with E-state index in [1.54, 1.807) is 0 Å². The lowest BCUT2D eigenvalue weighted by Gasteiger charge is -2.22. The van der Waals surface area contributed by atoms with Gasteiger partial charge in [-0.25, -0.2) is 0 Å². The van der Waals surface area contributed by atoms with E-state index in [9.17, 15) is 4.79 Å². The van der Waals surface area contributed by atoms with Gasteiger partial charge in [0.1, 0.15) is 0 Å². The number of hydrogen-bond acceptors (Lipinski definition) is 3. The SMILES string of the molecule is CCCOCc1ccccc1CNC(=O)C1CCCNC1.Cl. The van der Waals surface area contributed by atoms with E-state index in [1.807, 2.05) is 12.1 Å². The van der Waals surface area contributed by atoms with Gasteiger partial charge in [-0.1, -0.05) is 31.2 Å². The summed E-state index contributed by atoms with van der Waals surface area (Å²) in [5, 5.41) is 6.34. The number of amides is 1. The van der Waals surface area contributed by atoms with E-state index in [1.165, 1.54) is 0 Å². The third-order valence-electron chi connectivity index (χ3n) is 3.85. The standard InChI is InChI=1S/C17H26N2O2.ClH/c1-2-10-21-13-16-7-4-3-6-14(16)12-19-17(20)15-8-5-9-18-11-15;/h3-4,6-7,15,18H,2,5,8-13H2,1H3,(H,19,20);1H.